The molecule has 2 N–H and O–H groups in total. The first-order valence-electron chi connectivity index (χ1n) is 5.31. The number of carbonyl (C=O) groups is 1. The Morgan fingerprint density at radius 3 is 2.72 bits per heavy atom. The van der Waals surface area contributed by atoms with Crippen LogP contribution < -0.4 is 0 Å². The van der Waals surface area contributed by atoms with E-state index in [1.54, 1.807) is 18.2 Å². The molecule has 0 aliphatic rings. The van der Waals surface area contributed by atoms with Gasteiger partial charge in [0.1, 0.15) is 10.6 Å². The Hall–Kier alpha value is -1.46. The Morgan fingerprint density at radius 2 is 2.11 bits per heavy atom. The van der Waals surface area contributed by atoms with Crippen molar-refractivity contribution >= 4 is 29.1 Å². The maximum atomic E-state index is 10.9. The number of hydrogen-bond acceptors (Lipinski definition) is 4. The number of aromatic carboxylic acids is 1. The van der Waals surface area contributed by atoms with E-state index in [1.807, 2.05) is 19.1 Å². The number of rotatable bonds is 4. The lowest BCUT2D eigenvalue weighted by atomic mass is 10.3. The third-order valence-corrected chi connectivity index (χ3v) is 4.67. The highest BCUT2D eigenvalue weighted by molar-refractivity contribution is 7.98. The number of phenolic OH excluding ortho intramolecular Hbond substituents is 1. The second-order valence-electron chi connectivity index (χ2n) is 3.75. The highest BCUT2D eigenvalue weighted by Gasteiger charge is 2.11. The second-order valence-corrected chi connectivity index (χ2v) is 6.03. The molecule has 0 atom stereocenters. The quantitative estimate of drug-likeness (QED) is 0.837. The molecule has 0 aliphatic heterocycles. The summed E-state index contributed by atoms with van der Waals surface area (Å²) >= 11 is 2.79. The Morgan fingerprint density at radius 1 is 1.39 bits per heavy atom. The van der Waals surface area contributed by atoms with E-state index in [2.05, 4.69) is 0 Å². The van der Waals surface area contributed by atoms with Crippen LogP contribution in [0.2, 0.25) is 0 Å². The summed E-state index contributed by atoms with van der Waals surface area (Å²) in [6, 6.07) is 8.84. The van der Waals surface area contributed by atoms with Gasteiger partial charge in [0.2, 0.25) is 0 Å². The smallest absolute Gasteiger partial charge is 0.345 e. The van der Waals surface area contributed by atoms with Crippen LogP contribution in [0.15, 0.2) is 35.2 Å². The van der Waals surface area contributed by atoms with Gasteiger partial charge in [-0.3, -0.25) is 0 Å². The normalized spacial score (nSPS) is 10.5. The van der Waals surface area contributed by atoms with Gasteiger partial charge >= 0.3 is 5.97 Å². The highest BCUT2D eigenvalue weighted by atomic mass is 32.2. The van der Waals surface area contributed by atoms with E-state index in [4.69, 9.17) is 5.11 Å². The molecule has 3 nitrogen and oxygen atoms in total. The Balaban J connectivity index is 2.11. The zero-order valence-corrected chi connectivity index (χ0v) is 11.3. The molecule has 0 saturated heterocycles. The molecule has 1 heterocycles. The van der Waals surface area contributed by atoms with E-state index >= 15 is 0 Å². The number of aryl methyl sites for hydroxylation is 1. The van der Waals surface area contributed by atoms with E-state index in [1.165, 1.54) is 23.1 Å². The van der Waals surface area contributed by atoms with Gasteiger partial charge < -0.3 is 10.2 Å². The number of aromatic hydroxyl groups is 1. The zero-order chi connectivity index (χ0) is 13.1. The van der Waals surface area contributed by atoms with Crippen molar-refractivity contribution in [2.24, 2.45) is 0 Å². The Labute approximate surface area is 113 Å². The fourth-order valence-corrected chi connectivity index (χ4v) is 3.48. The summed E-state index contributed by atoms with van der Waals surface area (Å²) in [4.78, 5) is 13.0. The number of para-hydroxylation sites is 1. The Kier molecular flexibility index (Phi) is 3.93. The summed E-state index contributed by atoms with van der Waals surface area (Å²) in [5.74, 6) is 0.0310. The molecule has 0 amide bonds. The van der Waals surface area contributed by atoms with E-state index in [9.17, 15) is 9.90 Å². The van der Waals surface area contributed by atoms with Crippen LogP contribution in [0.4, 0.5) is 0 Å². The topological polar surface area (TPSA) is 57.5 Å². The number of thiophene rings is 1. The van der Waals surface area contributed by atoms with Crippen molar-refractivity contribution in [1.82, 2.24) is 0 Å². The first kappa shape index (κ1) is 13.0. The lowest BCUT2D eigenvalue weighted by molar-refractivity contribution is 0.0702. The summed E-state index contributed by atoms with van der Waals surface area (Å²) in [6.45, 7) is 1.91. The average Bonchev–Trinajstić information content (AvgIpc) is 2.70. The van der Waals surface area contributed by atoms with Crippen molar-refractivity contribution in [2.45, 2.75) is 17.6 Å². The molecule has 0 spiro atoms. The van der Waals surface area contributed by atoms with Crippen LogP contribution in [-0.2, 0) is 5.75 Å². The molecular weight excluding hydrogens is 268 g/mol. The van der Waals surface area contributed by atoms with Crippen molar-refractivity contribution < 1.29 is 15.0 Å². The fourth-order valence-electron chi connectivity index (χ4n) is 1.50. The number of thioether (sulfide) groups is 1. The summed E-state index contributed by atoms with van der Waals surface area (Å²) in [6.07, 6.45) is 0. The molecule has 0 aliphatic carbocycles. The van der Waals surface area contributed by atoms with Gasteiger partial charge in [-0.15, -0.1) is 23.1 Å². The molecule has 1 aromatic carbocycles. The SMILES string of the molecule is Cc1sc(C(=O)O)cc1CSc1ccccc1O. The van der Waals surface area contributed by atoms with Crippen LogP contribution in [-0.4, -0.2) is 16.2 Å². The maximum absolute atomic E-state index is 10.9. The zero-order valence-electron chi connectivity index (χ0n) is 9.71. The maximum Gasteiger partial charge on any atom is 0.345 e. The van der Waals surface area contributed by atoms with E-state index in [0.29, 0.717) is 10.6 Å². The molecule has 0 radical (unpaired) electrons. The lowest BCUT2D eigenvalue weighted by Crippen LogP contribution is -1.90. The van der Waals surface area contributed by atoms with Crippen molar-refractivity contribution in [3.8, 4) is 5.75 Å². The minimum atomic E-state index is -0.887. The third-order valence-electron chi connectivity index (χ3n) is 2.48. The van der Waals surface area contributed by atoms with E-state index in [-0.39, 0.29) is 5.75 Å². The highest BCUT2D eigenvalue weighted by Crippen LogP contribution is 2.33. The van der Waals surface area contributed by atoms with Crippen LogP contribution in [0.3, 0.4) is 0 Å². The molecule has 0 saturated carbocycles. The first-order valence-corrected chi connectivity index (χ1v) is 7.11. The van der Waals surface area contributed by atoms with Gasteiger partial charge in [-0.25, -0.2) is 4.79 Å². The minimum Gasteiger partial charge on any atom is -0.507 e. The van der Waals surface area contributed by atoms with Gasteiger partial charge in [0.15, 0.2) is 0 Å². The lowest BCUT2D eigenvalue weighted by Gasteiger charge is -2.03. The summed E-state index contributed by atoms with van der Waals surface area (Å²) in [5.41, 5.74) is 1.01. The van der Waals surface area contributed by atoms with Crippen molar-refractivity contribution in [3.63, 3.8) is 0 Å². The molecule has 0 unspecified atom stereocenters. The molecule has 5 heteroatoms. The number of carboxylic acid groups (broad SMARTS) is 1. The van der Waals surface area contributed by atoms with E-state index in [0.717, 1.165) is 15.3 Å². The van der Waals surface area contributed by atoms with Gasteiger partial charge in [-0.1, -0.05) is 12.1 Å². The Bertz CT molecular complexity index is 575. The van der Waals surface area contributed by atoms with Crippen molar-refractivity contribution in [2.75, 3.05) is 0 Å². The number of carboxylic acids is 1. The molecule has 0 fully saturated rings. The molecule has 94 valence electrons. The minimum absolute atomic E-state index is 0.258. The van der Waals surface area contributed by atoms with E-state index < -0.39 is 5.97 Å². The molecule has 0 bridgehead atoms. The van der Waals surface area contributed by atoms with Gasteiger partial charge in [0, 0.05) is 15.5 Å². The predicted octanol–water partition coefficient (Wildman–Crippen LogP) is 3.75. The molecule has 18 heavy (non-hydrogen) atoms. The predicted molar refractivity (Wildman–Crippen MR) is 73.7 cm³/mol. The van der Waals surface area contributed by atoms with Gasteiger partial charge in [-0.2, -0.15) is 0 Å². The summed E-state index contributed by atoms with van der Waals surface area (Å²) in [7, 11) is 0. The largest absolute Gasteiger partial charge is 0.507 e. The fraction of sp³-hybridized carbons (Fsp3) is 0.154. The number of phenols is 1. The molecule has 2 aromatic rings. The van der Waals surface area contributed by atoms with Gasteiger partial charge in [0.25, 0.3) is 0 Å². The summed E-state index contributed by atoms with van der Waals surface area (Å²) < 4.78 is 0. The van der Waals surface area contributed by atoms with Crippen LogP contribution in [0.25, 0.3) is 0 Å². The van der Waals surface area contributed by atoms with Crippen LogP contribution in [0, 0.1) is 6.92 Å². The third kappa shape index (κ3) is 2.86. The van der Waals surface area contributed by atoms with Crippen LogP contribution in [0.5, 0.6) is 5.75 Å². The monoisotopic (exact) mass is 280 g/mol. The molecule has 1 aromatic heterocycles. The number of benzene rings is 1. The van der Waals surface area contributed by atoms with Gasteiger partial charge in [-0.05, 0) is 30.7 Å². The molecular formula is C13H12O3S2. The second kappa shape index (κ2) is 5.46. The van der Waals surface area contributed by atoms with Crippen molar-refractivity contribution in [1.29, 1.82) is 0 Å². The summed E-state index contributed by atoms with van der Waals surface area (Å²) in [5, 5.41) is 18.6. The van der Waals surface area contributed by atoms with Crippen LogP contribution in [0.1, 0.15) is 20.1 Å². The van der Waals surface area contributed by atoms with Crippen molar-refractivity contribution in [3.05, 3.63) is 45.6 Å². The first-order chi connectivity index (χ1) is 8.58. The molecule has 2 rings (SSSR count). The van der Waals surface area contributed by atoms with Gasteiger partial charge in [0.05, 0.1) is 0 Å². The number of hydrogen-bond donors (Lipinski definition) is 2. The standard InChI is InChI=1S/C13H12O3S2/c1-8-9(6-12(18-8)13(15)16)7-17-11-5-3-2-4-10(11)14/h2-6,14H,7H2,1H3,(H,15,16). The van der Waals surface area contributed by atoms with Crippen LogP contribution >= 0.6 is 23.1 Å². The average molecular weight is 280 g/mol.